The maximum absolute atomic E-state index is 6.49. The number of allylic oxidation sites excluding steroid dienone is 5. The third kappa shape index (κ3) is 7.84. The fraction of sp³-hybridized carbons (Fsp3) is 0.429. The van der Waals surface area contributed by atoms with Crippen LogP contribution in [0.25, 0.3) is 0 Å². The van der Waals surface area contributed by atoms with Crippen LogP contribution in [0.2, 0.25) is 0 Å². The summed E-state index contributed by atoms with van der Waals surface area (Å²) in [4.78, 5) is 1.19. The standard InChI is InChI=1S/C21H32N2OS/c1-4-18(12-9-13-19(5-2)24-3)21(23)20(25-16-22)15-14-17-10-7-6-8-11-17/h6-8,10-13H,4-5,9,14-16,22-23H2,1-3H3/b18-12+,19-13+,21-20-. The zero-order chi connectivity index (χ0) is 18.5. The second-order valence-electron chi connectivity index (χ2n) is 5.68. The molecule has 0 atom stereocenters. The quantitative estimate of drug-likeness (QED) is 0.327. The third-order valence-corrected chi connectivity index (χ3v) is 5.03. The Morgan fingerprint density at radius 3 is 2.40 bits per heavy atom. The van der Waals surface area contributed by atoms with Gasteiger partial charge in [0, 0.05) is 22.9 Å². The predicted molar refractivity (Wildman–Crippen MR) is 111 cm³/mol. The van der Waals surface area contributed by atoms with Gasteiger partial charge in [-0.2, -0.15) is 0 Å². The second-order valence-corrected chi connectivity index (χ2v) is 6.79. The maximum atomic E-state index is 6.49. The number of nitrogens with two attached hydrogens (primary N) is 2. The van der Waals surface area contributed by atoms with Crippen LogP contribution in [-0.4, -0.2) is 13.0 Å². The van der Waals surface area contributed by atoms with Crippen LogP contribution < -0.4 is 11.5 Å². The van der Waals surface area contributed by atoms with Crippen molar-refractivity contribution in [2.45, 2.75) is 46.0 Å². The molecule has 3 nitrogen and oxygen atoms in total. The van der Waals surface area contributed by atoms with Crippen molar-refractivity contribution in [3.63, 3.8) is 0 Å². The number of benzene rings is 1. The molecule has 0 amide bonds. The molecule has 0 saturated heterocycles. The molecule has 4 heteroatoms. The van der Waals surface area contributed by atoms with E-state index in [1.807, 2.05) is 6.07 Å². The first-order chi connectivity index (χ1) is 12.2. The van der Waals surface area contributed by atoms with E-state index in [1.54, 1.807) is 18.9 Å². The zero-order valence-corrected chi connectivity index (χ0v) is 16.6. The molecule has 0 aliphatic carbocycles. The van der Waals surface area contributed by atoms with Crippen LogP contribution >= 0.6 is 11.8 Å². The molecule has 0 spiro atoms. The van der Waals surface area contributed by atoms with Gasteiger partial charge in [0.1, 0.15) is 0 Å². The number of ether oxygens (including phenoxy) is 1. The minimum Gasteiger partial charge on any atom is -0.501 e. The Labute approximate surface area is 157 Å². The lowest BCUT2D eigenvalue weighted by Gasteiger charge is -2.13. The first-order valence-electron chi connectivity index (χ1n) is 8.94. The van der Waals surface area contributed by atoms with Gasteiger partial charge in [0.05, 0.1) is 12.9 Å². The Bertz CT molecular complexity index is 585. The van der Waals surface area contributed by atoms with Crippen molar-refractivity contribution in [2.24, 2.45) is 11.5 Å². The molecule has 25 heavy (non-hydrogen) atoms. The molecule has 1 aromatic rings. The van der Waals surface area contributed by atoms with E-state index in [-0.39, 0.29) is 0 Å². The molecule has 0 heterocycles. The molecule has 0 aromatic heterocycles. The fourth-order valence-electron chi connectivity index (χ4n) is 2.62. The smallest absolute Gasteiger partial charge is 0.0916 e. The van der Waals surface area contributed by atoms with Gasteiger partial charge >= 0.3 is 0 Å². The molecule has 4 N–H and O–H groups in total. The Morgan fingerprint density at radius 1 is 1.12 bits per heavy atom. The molecule has 0 unspecified atom stereocenters. The van der Waals surface area contributed by atoms with E-state index in [1.165, 1.54) is 16.0 Å². The number of methoxy groups -OCH3 is 1. The molecule has 1 aromatic carbocycles. The van der Waals surface area contributed by atoms with Gasteiger partial charge in [0.2, 0.25) is 0 Å². The van der Waals surface area contributed by atoms with Crippen LogP contribution in [0.3, 0.4) is 0 Å². The Kier molecular flexibility index (Phi) is 10.8. The summed E-state index contributed by atoms with van der Waals surface area (Å²) in [6.07, 6.45) is 8.86. The normalized spacial score (nSPS) is 13.6. The summed E-state index contributed by atoms with van der Waals surface area (Å²) in [5.74, 6) is 1.56. The third-order valence-electron chi connectivity index (χ3n) is 4.09. The summed E-state index contributed by atoms with van der Waals surface area (Å²) in [5.41, 5.74) is 15.7. The van der Waals surface area contributed by atoms with Crippen LogP contribution in [0.1, 0.15) is 45.1 Å². The van der Waals surface area contributed by atoms with E-state index >= 15 is 0 Å². The SMILES string of the molecule is CC/C(=C\C/C=C(CC)/C(N)=C(\CCc1ccccc1)SCN)OC. The van der Waals surface area contributed by atoms with E-state index in [2.05, 4.69) is 50.3 Å². The largest absolute Gasteiger partial charge is 0.501 e. The van der Waals surface area contributed by atoms with Gasteiger partial charge in [0.15, 0.2) is 0 Å². The molecule has 0 fully saturated rings. The van der Waals surface area contributed by atoms with Crippen molar-refractivity contribution < 1.29 is 4.74 Å². The minimum absolute atomic E-state index is 0.547. The first kappa shape index (κ1) is 21.4. The summed E-state index contributed by atoms with van der Waals surface area (Å²) >= 11 is 1.65. The highest BCUT2D eigenvalue weighted by atomic mass is 32.2. The fourth-order valence-corrected chi connectivity index (χ4v) is 3.35. The van der Waals surface area contributed by atoms with E-state index in [9.17, 15) is 0 Å². The van der Waals surface area contributed by atoms with Gasteiger partial charge in [-0.3, -0.25) is 0 Å². The van der Waals surface area contributed by atoms with Gasteiger partial charge in [-0.25, -0.2) is 0 Å². The second kappa shape index (κ2) is 12.7. The van der Waals surface area contributed by atoms with Crippen molar-refractivity contribution in [1.82, 2.24) is 0 Å². The van der Waals surface area contributed by atoms with Crippen molar-refractivity contribution in [2.75, 3.05) is 13.0 Å². The molecule has 0 aliphatic heterocycles. The molecule has 0 saturated carbocycles. The highest BCUT2D eigenvalue weighted by Crippen LogP contribution is 2.27. The van der Waals surface area contributed by atoms with Crippen molar-refractivity contribution in [3.05, 3.63) is 70.0 Å². The van der Waals surface area contributed by atoms with E-state index in [0.717, 1.165) is 43.6 Å². The monoisotopic (exact) mass is 360 g/mol. The number of rotatable bonds is 11. The average molecular weight is 361 g/mol. The number of thioether (sulfide) groups is 1. The van der Waals surface area contributed by atoms with Crippen LogP contribution in [0.5, 0.6) is 0 Å². The van der Waals surface area contributed by atoms with E-state index in [0.29, 0.717) is 5.88 Å². The average Bonchev–Trinajstić information content (AvgIpc) is 2.66. The lowest BCUT2D eigenvalue weighted by molar-refractivity contribution is 0.279. The van der Waals surface area contributed by atoms with Gasteiger partial charge in [-0.15, -0.1) is 11.8 Å². The molecule has 0 radical (unpaired) electrons. The van der Waals surface area contributed by atoms with Crippen molar-refractivity contribution in [1.29, 1.82) is 0 Å². The number of hydrogen-bond donors (Lipinski definition) is 2. The Hall–Kier alpha value is -1.65. The summed E-state index contributed by atoms with van der Waals surface area (Å²) in [6, 6.07) is 10.5. The van der Waals surface area contributed by atoms with E-state index < -0.39 is 0 Å². The van der Waals surface area contributed by atoms with Gasteiger partial charge in [-0.1, -0.05) is 50.3 Å². The summed E-state index contributed by atoms with van der Waals surface area (Å²) in [6.45, 7) is 4.23. The van der Waals surface area contributed by atoms with Crippen LogP contribution in [-0.2, 0) is 11.2 Å². The first-order valence-corrected chi connectivity index (χ1v) is 9.92. The molecule has 1 rings (SSSR count). The van der Waals surface area contributed by atoms with E-state index in [4.69, 9.17) is 16.2 Å². The number of aryl methyl sites for hydroxylation is 1. The topological polar surface area (TPSA) is 61.3 Å². The van der Waals surface area contributed by atoms with Crippen molar-refractivity contribution in [3.8, 4) is 0 Å². The lowest BCUT2D eigenvalue weighted by Crippen LogP contribution is -2.07. The number of hydrogen-bond acceptors (Lipinski definition) is 4. The molecule has 0 bridgehead atoms. The van der Waals surface area contributed by atoms with Crippen LogP contribution in [0.15, 0.2) is 64.4 Å². The maximum Gasteiger partial charge on any atom is 0.0916 e. The van der Waals surface area contributed by atoms with Gasteiger partial charge in [0.25, 0.3) is 0 Å². The van der Waals surface area contributed by atoms with Crippen LogP contribution in [0.4, 0.5) is 0 Å². The predicted octanol–water partition coefficient (Wildman–Crippen LogP) is 5.11. The van der Waals surface area contributed by atoms with Crippen molar-refractivity contribution >= 4 is 11.8 Å². The van der Waals surface area contributed by atoms with Gasteiger partial charge in [-0.05, 0) is 42.9 Å². The highest BCUT2D eigenvalue weighted by molar-refractivity contribution is 8.03. The van der Waals surface area contributed by atoms with Crippen LogP contribution in [0, 0.1) is 0 Å². The summed E-state index contributed by atoms with van der Waals surface area (Å²) in [5, 5.41) is 0. The highest BCUT2D eigenvalue weighted by Gasteiger charge is 2.08. The minimum atomic E-state index is 0.547. The molecular weight excluding hydrogens is 328 g/mol. The zero-order valence-electron chi connectivity index (χ0n) is 15.8. The summed E-state index contributed by atoms with van der Waals surface area (Å²) < 4.78 is 5.32. The summed E-state index contributed by atoms with van der Waals surface area (Å²) in [7, 11) is 1.72. The Morgan fingerprint density at radius 2 is 1.84 bits per heavy atom. The Balaban J connectivity index is 2.89. The lowest BCUT2D eigenvalue weighted by atomic mass is 10.0. The van der Waals surface area contributed by atoms with Gasteiger partial charge < -0.3 is 16.2 Å². The molecule has 138 valence electrons. The molecular formula is C21H32N2OS. The molecule has 0 aliphatic rings.